The van der Waals surface area contributed by atoms with Crippen LogP contribution in [0, 0.1) is 11.8 Å². The van der Waals surface area contributed by atoms with Crippen LogP contribution in [-0.4, -0.2) is 65.4 Å². The van der Waals surface area contributed by atoms with E-state index in [1.807, 2.05) is 13.8 Å². The van der Waals surface area contributed by atoms with Crippen LogP contribution < -0.4 is 10.6 Å². The lowest BCUT2D eigenvalue weighted by atomic mass is 9.98. The zero-order valence-corrected chi connectivity index (χ0v) is 19.5. The van der Waals surface area contributed by atoms with Gasteiger partial charge in [0.15, 0.2) is 0 Å². The molecule has 0 aromatic rings. The van der Waals surface area contributed by atoms with E-state index in [1.165, 1.54) is 6.42 Å². The number of hydrogen-bond donors (Lipinski definition) is 3. The van der Waals surface area contributed by atoms with Crippen LogP contribution in [0.3, 0.4) is 0 Å². The number of β-amino-alcohol motifs (C(OH)–C–C–N with tert-alkyl or cyclic N) is 1. The van der Waals surface area contributed by atoms with Crippen molar-refractivity contribution in [2.45, 2.75) is 97.9 Å². The van der Waals surface area contributed by atoms with E-state index in [9.17, 15) is 14.7 Å². The number of rotatable bonds is 9. The lowest BCUT2D eigenvalue weighted by Gasteiger charge is -2.37. The summed E-state index contributed by atoms with van der Waals surface area (Å²) in [6.07, 6.45) is 2.31. The highest BCUT2D eigenvalue weighted by Crippen LogP contribution is 2.15. The molecule has 0 aliphatic carbocycles. The fourth-order valence-electron chi connectivity index (χ4n) is 3.53. The third-order valence-electron chi connectivity index (χ3n) is 4.96. The first-order valence-corrected chi connectivity index (χ1v) is 11.1. The Morgan fingerprint density at radius 3 is 2.34 bits per heavy atom. The Kier molecular flexibility index (Phi) is 10.4. The fourth-order valence-corrected chi connectivity index (χ4v) is 3.53. The number of ether oxygens (including phenoxy) is 1. The van der Waals surface area contributed by atoms with Crippen LogP contribution in [-0.2, 0) is 9.53 Å². The van der Waals surface area contributed by atoms with Gasteiger partial charge in [0.1, 0.15) is 11.6 Å². The molecule has 1 rings (SSSR count). The van der Waals surface area contributed by atoms with Crippen LogP contribution >= 0.6 is 0 Å². The van der Waals surface area contributed by atoms with Gasteiger partial charge in [0, 0.05) is 13.1 Å². The fraction of sp³-hybridized carbons (Fsp3) is 0.909. The molecule has 0 radical (unpaired) electrons. The standard InChI is InChI=1S/C22H43N3O4/c1-15(2)9-8-11-25-12-10-17(19(26)14-25)23-20(27)18(13-16(3)4)24-21(28)29-22(5,6)7/h15-19,26H,8-14H2,1-7H3,(H,23,27)(H,24,28)/t17?,18-,19?/m0/s1. The second kappa shape index (κ2) is 11.7. The summed E-state index contributed by atoms with van der Waals surface area (Å²) in [6, 6.07) is -0.972. The number of carbonyl (C=O) groups is 2. The summed E-state index contributed by atoms with van der Waals surface area (Å²) in [7, 11) is 0. The van der Waals surface area contributed by atoms with Gasteiger partial charge in [-0.25, -0.2) is 4.79 Å². The van der Waals surface area contributed by atoms with Gasteiger partial charge in [-0.1, -0.05) is 27.7 Å². The number of aliphatic hydroxyl groups is 1. The van der Waals surface area contributed by atoms with Crippen molar-refractivity contribution in [1.29, 1.82) is 0 Å². The minimum Gasteiger partial charge on any atom is -0.444 e. The van der Waals surface area contributed by atoms with Gasteiger partial charge in [-0.3, -0.25) is 4.79 Å². The van der Waals surface area contributed by atoms with Crippen LogP contribution in [0.2, 0.25) is 0 Å². The highest BCUT2D eigenvalue weighted by molar-refractivity contribution is 5.86. The number of hydrogen-bond acceptors (Lipinski definition) is 5. The second-order valence-electron chi connectivity index (χ2n) is 10.1. The molecule has 1 saturated heterocycles. The molecule has 0 saturated carbocycles. The molecule has 0 spiro atoms. The Labute approximate surface area is 176 Å². The molecule has 2 unspecified atom stereocenters. The quantitative estimate of drug-likeness (QED) is 0.541. The van der Waals surface area contributed by atoms with Crippen molar-refractivity contribution in [3.8, 4) is 0 Å². The summed E-state index contributed by atoms with van der Waals surface area (Å²) in [4.78, 5) is 27.2. The molecule has 7 heteroatoms. The van der Waals surface area contributed by atoms with Crippen LogP contribution in [0.5, 0.6) is 0 Å². The maximum atomic E-state index is 12.8. The molecule has 7 nitrogen and oxygen atoms in total. The number of amides is 2. The highest BCUT2D eigenvalue weighted by atomic mass is 16.6. The lowest BCUT2D eigenvalue weighted by molar-refractivity contribution is -0.125. The number of nitrogens with zero attached hydrogens (tertiary/aromatic N) is 1. The summed E-state index contributed by atoms with van der Waals surface area (Å²) in [5.41, 5.74) is -0.623. The zero-order valence-electron chi connectivity index (χ0n) is 19.5. The van der Waals surface area contributed by atoms with Crippen LogP contribution in [0.1, 0.15) is 74.1 Å². The molecular formula is C22H43N3O4. The number of nitrogens with one attached hydrogen (secondary N) is 2. The van der Waals surface area contributed by atoms with E-state index in [2.05, 4.69) is 29.4 Å². The van der Waals surface area contributed by atoms with Gasteiger partial charge in [0.05, 0.1) is 12.1 Å². The van der Waals surface area contributed by atoms with Gasteiger partial charge >= 0.3 is 6.09 Å². The Morgan fingerprint density at radius 2 is 1.83 bits per heavy atom. The third-order valence-corrected chi connectivity index (χ3v) is 4.96. The summed E-state index contributed by atoms with van der Waals surface area (Å²) in [6.45, 7) is 16.2. The van der Waals surface area contributed by atoms with E-state index in [-0.39, 0.29) is 17.9 Å². The van der Waals surface area contributed by atoms with E-state index in [4.69, 9.17) is 4.74 Å². The van der Waals surface area contributed by atoms with E-state index in [0.717, 1.165) is 19.5 Å². The van der Waals surface area contributed by atoms with Crippen molar-refractivity contribution in [3.63, 3.8) is 0 Å². The molecule has 0 bridgehead atoms. The van der Waals surface area contributed by atoms with Crippen molar-refractivity contribution in [2.75, 3.05) is 19.6 Å². The van der Waals surface area contributed by atoms with Gasteiger partial charge < -0.3 is 25.4 Å². The van der Waals surface area contributed by atoms with E-state index in [0.29, 0.717) is 25.3 Å². The molecule has 0 aromatic carbocycles. The monoisotopic (exact) mass is 413 g/mol. The smallest absolute Gasteiger partial charge is 0.408 e. The van der Waals surface area contributed by atoms with Gasteiger partial charge in [-0.15, -0.1) is 0 Å². The van der Waals surface area contributed by atoms with Gasteiger partial charge in [-0.05, 0) is 64.8 Å². The Hall–Kier alpha value is -1.34. The van der Waals surface area contributed by atoms with Gasteiger partial charge in [0.2, 0.25) is 5.91 Å². The van der Waals surface area contributed by atoms with Crippen molar-refractivity contribution in [3.05, 3.63) is 0 Å². The molecule has 170 valence electrons. The number of aliphatic hydroxyl groups excluding tert-OH is 1. The predicted octanol–water partition coefficient (Wildman–Crippen LogP) is 2.91. The van der Waals surface area contributed by atoms with Crippen molar-refractivity contribution in [2.24, 2.45) is 11.8 Å². The summed E-state index contributed by atoms with van der Waals surface area (Å²) in [5, 5.41) is 16.2. The summed E-state index contributed by atoms with van der Waals surface area (Å²) < 4.78 is 5.29. The van der Waals surface area contributed by atoms with Gasteiger partial charge in [-0.2, -0.15) is 0 Å². The minimum absolute atomic E-state index is 0.230. The Morgan fingerprint density at radius 1 is 1.17 bits per heavy atom. The first kappa shape index (κ1) is 25.7. The molecule has 3 atom stereocenters. The van der Waals surface area contributed by atoms with Crippen molar-refractivity contribution < 1.29 is 19.4 Å². The number of piperidine rings is 1. The third kappa shape index (κ3) is 10.8. The topological polar surface area (TPSA) is 90.9 Å². The maximum absolute atomic E-state index is 12.8. The molecule has 29 heavy (non-hydrogen) atoms. The minimum atomic E-state index is -0.680. The number of likely N-dealkylation sites (tertiary alicyclic amines) is 1. The molecule has 0 aromatic heterocycles. The highest BCUT2D eigenvalue weighted by Gasteiger charge is 2.32. The van der Waals surface area contributed by atoms with Crippen molar-refractivity contribution >= 4 is 12.0 Å². The molecule has 1 heterocycles. The first-order chi connectivity index (χ1) is 13.4. The number of carbonyl (C=O) groups excluding carboxylic acids is 2. The summed E-state index contributed by atoms with van der Waals surface area (Å²) >= 11 is 0. The van der Waals surface area contributed by atoms with Crippen LogP contribution in [0.25, 0.3) is 0 Å². The SMILES string of the molecule is CC(C)CCCN1CCC(NC(=O)[C@H](CC(C)C)NC(=O)OC(C)(C)C)C(O)C1. The average molecular weight is 414 g/mol. The second-order valence-corrected chi connectivity index (χ2v) is 10.1. The molecule has 1 fully saturated rings. The average Bonchev–Trinajstić information content (AvgIpc) is 2.54. The normalized spacial score (nSPS) is 21.9. The molecule has 3 N–H and O–H groups in total. The Balaban J connectivity index is 2.57. The zero-order chi connectivity index (χ0) is 22.2. The largest absolute Gasteiger partial charge is 0.444 e. The summed E-state index contributed by atoms with van der Waals surface area (Å²) in [5.74, 6) is 0.655. The van der Waals surface area contributed by atoms with Crippen LogP contribution in [0.4, 0.5) is 4.79 Å². The number of alkyl carbamates (subject to hydrolysis) is 1. The van der Waals surface area contributed by atoms with Crippen LogP contribution in [0.15, 0.2) is 0 Å². The van der Waals surface area contributed by atoms with E-state index >= 15 is 0 Å². The van der Waals surface area contributed by atoms with Crippen molar-refractivity contribution in [1.82, 2.24) is 15.5 Å². The molecule has 2 amide bonds. The van der Waals surface area contributed by atoms with E-state index in [1.54, 1.807) is 20.8 Å². The molecule has 1 aliphatic heterocycles. The Bertz CT molecular complexity index is 517. The van der Waals surface area contributed by atoms with E-state index < -0.39 is 23.8 Å². The molecular weight excluding hydrogens is 370 g/mol. The van der Waals surface area contributed by atoms with Gasteiger partial charge in [0.25, 0.3) is 0 Å². The maximum Gasteiger partial charge on any atom is 0.408 e. The molecule has 1 aliphatic rings. The predicted molar refractivity (Wildman–Crippen MR) is 116 cm³/mol. The lowest BCUT2D eigenvalue weighted by Crippen LogP contribution is -2.58. The first-order valence-electron chi connectivity index (χ1n) is 11.1.